The molecular weight excluding hydrogens is 217 g/mol. The van der Waals surface area contributed by atoms with Crippen molar-refractivity contribution < 1.29 is 9.13 Å². The highest BCUT2D eigenvalue weighted by atomic mass is 19.1. The van der Waals surface area contributed by atoms with Gasteiger partial charge in [0.15, 0.2) is 0 Å². The zero-order valence-electron chi connectivity index (χ0n) is 10.9. The van der Waals surface area contributed by atoms with Gasteiger partial charge in [0.1, 0.15) is 11.6 Å². The molecule has 0 radical (unpaired) electrons. The fraction of sp³-hybridized carbons (Fsp3) is 0.571. The van der Waals surface area contributed by atoms with Gasteiger partial charge in [0.2, 0.25) is 0 Å². The molecule has 17 heavy (non-hydrogen) atoms. The number of rotatable bonds is 6. The second-order valence-electron chi connectivity index (χ2n) is 4.86. The zero-order valence-corrected chi connectivity index (χ0v) is 10.9. The Hall–Kier alpha value is -1.09. The molecular formula is C14H22FNO. The lowest BCUT2D eigenvalue weighted by Gasteiger charge is -2.11. The van der Waals surface area contributed by atoms with Gasteiger partial charge in [-0.3, -0.25) is 0 Å². The van der Waals surface area contributed by atoms with Gasteiger partial charge in [-0.1, -0.05) is 19.9 Å². The lowest BCUT2D eigenvalue weighted by molar-refractivity contribution is 0.296. The zero-order chi connectivity index (χ0) is 12.8. The molecule has 3 heteroatoms. The van der Waals surface area contributed by atoms with Gasteiger partial charge in [-0.2, -0.15) is 0 Å². The SMILES string of the molecule is CC(C)CCCOc1ccc(C(C)N)c(F)c1. The van der Waals surface area contributed by atoms with Crippen molar-refractivity contribution in [1.82, 2.24) is 0 Å². The molecule has 0 aliphatic rings. The minimum atomic E-state index is -0.290. The summed E-state index contributed by atoms with van der Waals surface area (Å²) in [5, 5.41) is 0. The minimum absolute atomic E-state index is 0.287. The predicted octanol–water partition coefficient (Wildman–Crippen LogP) is 3.66. The molecule has 0 amide bonds. The molecule has 0 aromatic heterocycles. The summed E-state index contributed by atoms with van der Waals surface area (Å²) in [6.45, 7) is 6.75. The molecule has 0 fully saturated rings. The predicted molar refractivity (Wildman–Crippen MR) is 68.6 cm³/mol. The average molecular weight is 239 g/mol. The molecule has 0 aliphatic carbocycles. The van der Waals surface area contributed by atoms with E-state index in [1.807, 2.05) is 0 Å². The number of halogens is 1. The van der Waals surface area contributed by atoms with Crippen LogP contribution in [0.1, 0.15) is 45.2 Å². The molecule has 1 atom stereocenters. The summed E-state index contributed by atoms with van der Waals surface area (Å²) in [4.78, 5) is 0. The molecule has 0 saturated carbocycles. The van der Waals surface area contributed by atoms with Gasteiger partial charge in [0.25, 0.3) is 0 Å². The van der Waals surface area contributed by atoms with Crippen molar-refractivity contribution in [1.29, 1.82) is 0 Å². The van der Waals surface area contributed by atoms with Crippen molar-refractivity contribution in [3.8, 4) is 5.75 Å². The fourth-order valence-corrected chi connectivity index (χ4v) is 1.65. The summed E-state index contributed by atoms with van der Waals surface area (Å²) >= 11 is 0. The van der Waals surface area contributed by atoms with Gasteiger partial charge in [0, 0.05) is 17.7 Å². The summed E-state index contributed by atoms with van der Waals surface area (Å²) in [6, 6.07) is 4.59. The van der Waals surface area contributed by atoms with Crippen LogP contribution in [0, 0.1) is 11.7 Å². The second kappa shape index (κ2) is 6.60. The molecule has 1 aromatic rings. The van der Waals surface area contributed by atoms with Gasteiger partial charge in [0.05, 0.1) is 6.61 Å². The van der Waals surface area contributed by atoms with E-state index in [1.54, 1.807) is 19.1 Å². The third-order valence-electron chi connectivity index (χ3n) is 2.66. The van der Waals surface area contributed by atoms with E-state index in [9.17, 15) is 4.39 Å². The van der Waals surface area contributed by atoms with Crippen LogP contribution in [0.25, 0.3) is 0 Å². The van der Waals surface area contributed by atoms with Crippen molar-refractivity contribution in [3.63, 3.8) is 0 Å². The Morgan fingerprint density at radius 2 is 2.00 bits per heavy atom. The average Bonchev–Trinajstić information content (AvgIpc) is 2.23. The standard InChI is InChI=1S/C14H22FNO/c1-10(2)5-4-8-17-12-6-7-13(11(3)16)14(15)9-12/h6-7,9-11H,4-5,8,16H2,1-3H3. The normalized spacial score (nSPS) is 12.8. The van der Waals surface area contributed by atoms with Crippen LogP contribution in [0.4, 0.5) is 4.39 Å². The quantitative estimate of drug-likeness (QED) is 0.769. The van der Waals surface area contributed by atoms with Crippen LogP contribution in [0.5, 0.6) is 5.75 Å². The van der Waals surface area contributed by atoms with Gasteiger partial charge in [-0.25, -0.2) is 4.39 Å². The van der Waals surface area contributed by atoms with Gasteiger partial charge in [-0.15, -0.1) is 0 Å². The van der Waals surface area contributed by atoms with Crippen molar-refractivity contribution in [2.75, 3.05) is 6.61 Å². The summed E-state index contributed by atoms with van der Waals surface area (Å²) in [6.07, 6.45) is 2.12. The number of nitrogens with two attached hydrogens (primary N) is 1. The summed E-state index contributed by atoms with van der Waals surface area (Å²) < 4.78 is 19.1. The van der Waals surface area contributed by atoms with E-state index in [0.717, 1.165) is 12.8 Å². The fourth-order valence-electron chi connectivity index (χ4n) is 1.65. The Morgan fingerprint density at radius 3 is 2.53 bits per heavy atom. The monoisotopic (exact) mass is 239 g/mol. The molecule has 1 aromatic carbocycles. The van der Waals surface area contributed by atoms with E-state index >= 15 is 0 Å². The number of hydrogen-bond acceptors (Lipinski definition) is 2. The Bertz CT molecular complexity index is 350. The first kappa shape index (κ1) is 14.0. The Labute approximate surface area is 103 Å². The second-order valence-corrected chi connectivity index (χ2v) is 4.86. The third kappa shape index (κ3) is 4.73. The molecule has 2 N–H and O–H groups in total. The summed E-state index contributed by atoms with van der Waals surface area (Å²) in [5.74, 6) is 0.966. The molecule has 96 valence electrons. The van der Waals surface area contributed by atoms with E-state index in [4.69, 9.17) is 10.5 Å². The molecule has 0 aliphatic heterocycles. The topological polar surface area (TPSA) is 35.2 Å². The van der Waals surface area contributed by atoms with E-state index in [-0.39, 0.29) is 11.9 Å². The van der Waals surface area contributed by atoms with Crippen LogP contribution in [0.15, 0.2) is 18.2 Å². The molecule has 0 spiro atoms. The highest BCUT2D eigenvalue weighted by Gasteiger charge is 2.07. The lowest BCUT2D eigenvalue weighted by Crippen LogP contribution is -2.07. The van der Waals surface area contributed by atoms with Crippen molar-refractivity contribution >= 4 is 0 Å². The van der Waals surface area contributed by atoms with Crippen LogP contribution < -0.4 is 10.5 Å². The van der Waals surface area contributed by atoms with Gasteiger partial charge < -0.3 is 10.5 Å². The molecule has 2 nitrogen and oxygen atoms in total. The van der Waals surface area contributed by atoms with Crippen LogP contribution in [-0.2, 0) is 0 Å². The van der Waals surface area contributed by atoms with Crippen LogP contribution >= 0.6 is 0 Å². The lowest BCUT2D eigenvalue weighted by atomic mass is 10.1. The number of benzene rings is 1. The van der Waals surface area contributed by atoms with Crippen molar-refractivity contribution in [2.45, 2.75) is 39.7 Å². The maximum Gasteiger partial charge on any atom is 0.131 e. The largest absolute Gasteiger partial charge is 0.493 e. The van der Waals surface area contributed by atoms with Crippen molar-refractivity contribution in [3.05, 3.63) is 29.6 Å². The molecule has 0 saturated heterocycles. The molecule has 1 rings (SSSR count). The number of hydrogen-bond donors (Lipinski definition) is 1. The summed E-state index contributed by atoms with van der Waals surface area (Å²) in [7, 11) is 0. The molecule has 0 bridgehead atoms. The minimum Gasteiger partial charge on any atom is -0.493 e. The van der Waals surface area contributed by atoms with E-state index in [2.05, 4.69) is 13.8 Å². The van der Waals surface area contributed by atoms with E-state index in [0.29, 0.717) is 23.8 Å². The first-order valence-corrected chi connectivity index (χ1v) is 6.18. The van der Waals surface area contributed by atoms with Crippen LogP contribution in [0.3, 0.4) is 0 Å². The van der Waals surface area contributed by atoms with E-state index in [1.165, 1.54) is 6.07 Å². The van der Waals surface area contributed by atoms with Crippen LogP contribution in [0.2, 0.25) is 0 Å². The molecule has 0 heterocycles. The first-order chi connectivity index (χ1) is 8.00. The van der Waals surface area contributed by atoms with Gasteiger partial charge >= 0.3 is 0 Å². The Balaban J connectivity index is 2.47. The Morgan fingerprint density at radius 1 is 1.29 bits per heavy atom. The Kier molecular flexibility index (Phi) is 5.42. The van der Waals surface area contributed by atoms with E-state index < -0.39 is 0 Å². The molecule has 1 unspecified atom stereocenters. The highest BCUT2D eigenvalue weighted by Crippen LogP contribution is 2.20. The van der Waals surface area contributed by atoms with Crippen molar-refractivity contribution in [2.24, 2.45) is 11.7 Å². The maximum atomic E-state index is 13.6. The maximum absolute atomic E-state index is 13.6. The first-order valence-electron chi connectivity index (χ1n) is 6.18. The third-order valence-corrected chi connectivity index (χ3v) is 2.66. The van der Waals surface area contributed by atoms with Gasteiger partial charge in [-0.05, 0) is 31.7 Å². The smallest absolute Gasteiger partial charge is 0.131 e. The highest BCUT2D eigenvalue weighted by molar-refractivity contribution is 5.30. The summed E-state index contributed by atoms with van der Waals surface area (Å²) in [5.41, 5.74) is 6.17. The number of ether oxygens (including phenoxy) is 1. The van der Waals surface area contributed by atoms with Crippen LogP contribution in [-0.4, -0.2) is 6.61 Å².